The largest absolute Gasteiger partial charge is 0.444 e. The van der Waals surface area contributed by atoms with E-state index in [1.165, 1.54) is 6.07 Å². The first kappa shape index (κ1) is 22.3. The van der Waals surface area contributed by atoms with E-state index < -0.39 is 17.5 Å². The lowest BCUT2D eigenvalue weighted by molar-refractivity contribution is 0.0488. The van der Waals surface area contributed by atoms with Gasteiger partial charge in [0.15, 0.2) is 0 Å². The Morgan fingerprint density at radius 1 is 1.00 bits per heavy atom. The molecule has 2 amide bonds. The Kier molecular flexibility index (Phi) is 7.15. The topological polar surface area (TPSA) is 92.4 Å². The van der Waals surface area contributed by atoms with Crippen molar-refractivity contribution in [1.29, 1.82) is 0 Å². The van der Waals surface area contributed by atoms with Crippen molar-refractivity contribution in [3.05, 3.63) is 23.6 Å². The Bertz CT molecular complexity index is 751. The fourth-order valence-corrected chi connectivity index (χ4v) is 4.11. The Balaban J connectivity index is 1.52. The lowest BCUT2D eigenvalue weighted by Crippen LogP contribution is -2.45. The predicted molar refractivity (Wildman–Crippen MR) is 113 cm³/mol. The smallest absolute Gasteiger partial charge is 0.407 e. The quantitative estimate of drug-likeness (QED) is 0.666. The van der Waals surface area contributed by atoms with E-state index in [1.807, 2.05) is 20.8 Å². The molecule has 1 aromatic rings. The van der Waals surface area contributed by atoms with Crippen LogP contribution in [0.15, 0.2) is 12.3 Å². The highest BCUT2D eigenvalue weighted by Gasteiger charge is 2.27. The normalized spacial score (nSPS) is 22.4. The number of hydrogen-bond acceptors (Lipinski definition) is 5. The molecule has 8 heteroatoms. The van der Waals surface area contributed by atoms with E-state index in [0.717, 1.165) is 57.6 Å². The van der Waals surface area contributed by atoms with Crippen LogP contribution in [0.4, 0.5) is 15.0 Å². The Morgan fingerprint density at radius 2 is 1.60 bits per heavy atom. The van der Waals surface area contributed by atoms with Crippen LogP contribution in [0.2, 0.25) is 0 Å². The maximum Gasteiger partial charge on any atom is 0.407 e. The van der Waals surface area contributed by atoms with Crippen LogP contribution < -0.4 is 16.0 Å². The van der Waals surface area contributed by atoms with Crippen molar-refractivity contribution in [2.75, 3.05) is 5.32 Å². The van der Waals surface area contributed by atoms with Gasteiger partial charge in [-0.1, -0.05) is 12.8 Å². The average Bonchev–Trinajstić information content (AvgIpc) is 3.16. The lowest BCUT2D eigenvalue weighted by atomic mass is 9.91. The Morgan fingerprint density at radius 3 is 2.20 bits per heavy atom. The Labute approximate surface area is 177 Å². The summed E-state index contributed by atoms with van der Waals surface area (Å²) in [6, 6.07) is 1.54. The highest BCUT2D eigenvalue weighted by atomic mass is 19.1. The van der Waals surface area contributed by atoms with Crippen LogP contribution in [0.25, 0.3) is 0 Å². The van der Waals surface area contributed by atoms with Gasteiger partial charge in [0.2, 0.25) is 0 Å². The molecule has 0 aliphatic heterocycles. The summed E-state index contributed by atoms with van der Waals surface area (Å²) in [5.74, 6) is -0.394. The van der Waals surface area contributed by atoms with Crippen molar-refractivity contribution >= 4 is 17.8 Å². The monoisotopic (exact) mass is 420 g/mol. The maximum absolute atomic E-state index is 13.8. The third kappa shape index (κ3) is 6.57. The van der Waals surface area contributed by atoms with Crippen molar-refractivity contribution in [3.8, 4) is 0 Å². The number of anilines is 1. The number of rotatable bonds is 5. The van der Waals surface area contributed by atoms with Gasteiger partial charge in [0.1, 0.15) is 17.2 Å². The second kappa shape index (κ2) is 9.62. The molecule has 30 heavy (non-hydrogen) atoms. The SMILES string of the molecule is CC(C)(C)OC(=O)NC1CCC(NC(=O)c2cc(F)cnc2NC2CCCC2)CC1. The molecule has 166 valence electrons. The third-order valence-electron chi connectivity index (χ3n) is 5.58. The molecular formula is C22H33FN4O3. The Hall–Kier alpha value is -2.38. The second-order valence-corrected chi connectivity index (χ2v) is 9.34. The van der Waals surface area contributed by atoms with Crippen LogP contribution >= 0.6 is 0 Å². The van der Waals surface area contributed by atoms with E-state index >= 15 is 0 Å². The molecule has 0 aromatic carbocycles. The average molecular weight is 421 g/mol. The number of nitrogens with zero attached hydrogens (tertiary/aromatic N) is 1. The van der Waals surface area contributed by atoms with E-state index in [-0.39, 0.29) is 29.6 Å². The number of carbonyl (C=O) groups excluding carboxylic acids is 2. The maximum atomic E-state index is 13.8. The van der Waals surface area contributed by atoms with E-state index in [1.54, 1.807) is 0 Å². The molecule has 0 radical (unpaired) electrons. The zero-order valence-corrected chi connectivity index (χ0v) is 18.1. The molecule has 1 aromatic heterocycles. The van der Waals surface area contributed by atoms with Gasteiger partial charge in [-0.3, -0.25) is 4.79 Å². The van der Waals surface area contributed by atoms with E-state index in [0.29, 0.717) is 5.82 Å². The van der Waals surface area contributed by atoms with Crippen molar-refractivity contribution in [3.63, 3.8) is 0 Å². The van der Waals surface area contributed by atoms with Crippen LogP contribution in [-0.2, 0) is 4.74 Å². The number of alkyl carbamates (subject to hydrolysis) is 1. The van der Waals surface area contributed by atoms with Gasteiger partial charge in [0, 0.05) is 18.1 Å². The minimum atomic E-state index is -0.529. The van der Waals surface area contributed by atoms with E-state index in [4.69, 9.17) is 4.74 Å². The molecule has 2 aliphatic carbocycles. The first-order chi connectivity index (χ1) is 14.2. The molecule has 0 saturated heterocycles. The molecule has 0 bridgehead atoms. The second-order valence-electron chi connectivity index (χ2n) is 9.34. The summed E-state index contributed by atoms with van der Waals surface area (Å²) in [4.78, 5) is 28.9. The first-order valence-corrected chi connectivity index (χ1v) is 10.9. The zero-order valence-electron chi connectivity index (χ0n) is 18.1. The van der Waals surface area contributed by atoms with E-state index in [9.17, 15) is 14.0 Å². The first-order valence-electron chi connectivity index (χ1n) is 10.9. The molecule has 2 aliphatic rings. The number of aromatic nitrogens is 1. The number of nitrogens with one attached hydrogen (secondary N) is 3. The van der Waals surface area contributed by atoms with Crippen molar-refractivity contribution in [2.24, 2.45) is 0 Å². The van der Waals surface area contributed by atoms with Crippen molar-refractivity contribution < 1.29 is 18.7 Å². The van der Waals surface area contributed by atoms with Crippen LogP contribution in [0, 0.1) is 5.82 Å². The molecule has 0 spiro atoms. The van der Waals surface area contributed by atoms with Crippen LogP contribution in [-0.4, -0.2) is 40.7 Å². The number of pyridine rings is 1. The minimum absolute atomic E-state index is 0.0169. The van der Waals surface area contributed by atoms with Crippen molar-refractivity contribution in [2.45, 2.75) is 95.9 Å². The summed E-state index contributed by atoms with van der Waals surface area (Å²) in [5.41, 5.74) is -0.283. The lowest BCUT2D eigenvalue weighted by Gasteiger charge is -2.30. The molecule has 2 fully saturated rings. The summed E-state index contributed by atoms with van der Waals surface area (Å²) < 4.78 is 19.1. The molecule has 2 saturated carbocycles. The van der Waals surface area contributed by atoms with Crippen LogP contribution in [0.1, 0.15) is 82.5 Å². The third-order valence-corrected chi connectivity index (χ3v) is 5.58. The highest BCUT2D eigenvalue weighted by Crippen LogP contribution is 2.25. The summed E-state index contributed by atoms with van der Waals surface area (Å²) >= 11 is 0. The highest BCUT2D eigenvalue weighted by molar-refractivity contribution is 5.99. The number of ether oxygens (including phenoxy) is 1. The van der Waals surface area contributed by atoms with Gasteiger partial charge in [-0.2, -0.15) is 0 Å². The van der Waals surface area contributed by atoms with Gasteiger partial charge in [0.25, 0.3) is 5.91 Å². The molecule has 0 unspecified atom stereocenters. The van der Waals surface area contributed by atoms with Gasteiger partial charge in [0.05, 0.1) is 11.8 Å². The standard InChI is InChI=1S/C22H33FN4O3/c1-22(2,3)30-21(29)27-17-10-8-16(9-11-17)26-20(28)18-12-14(23)13-24-19(18)25-15-6-4-5-7-15/h12-13,15-17H,4-11H2,1-3H3,(H,24,25)(H,26,28)(H,27,29). The van der Waals surface area contributed by atoms with Gasteiger partial charge in [-0.05, 0) is 65.4 Å². The van der Waals surface area contributed by atoms with Crippen LogP contribution in [0.3, 0.4) is 0 Å². The molecule has 3 rings (SSSR count). The minimum Gasteiger partial charge on any atom is -0.444 e. The van der Waals surface area contributed by atoms with E-state index in [2.05, 4.69) is 20.9 Å². The summed E-state index contributed by atoms with van der Waals surface area (Å²) in [7, 11) is 0. The number of halogens is 1. The van der Waals surface area contributed by atoms with Gasteiger partial charge >= 0.3 is 6.09 Å². The number of carbonyl (C=O) groups is 2. The molecule has 3 N–H and O–H groups in total. The fourth-order valence-electron chi connectivity index (χ4n) is 4.11. The summed E-state index contributed by atoms with van der Waals surface area (Å²) in [6.45, 7) is 5.49. The number of hydrogen-bond donors (Lipinski definition) is 3. The summed E-state index contributed by atoms with van der Waals surface area (Å²) in [6.07, 6.45) is 8.08. The zero-order chi connectivity index (χ0) is 21.7. The van der Waals surface area contributed by atoms with Crippen LogP contribution in [0.5, 0.6) is 0 Å². The molecule has 1 heterocycles. The van der Waals surface area contributed by atoms with Crippen molar-refractivity contribution in [1.82, 2.24) is 15.6 Å². The van der Waals surface area contributed by atoms with Gasteiger partial charge in [-0.15, -0.1) is 0 Å². The number of amides is 2. The fraction of sp³-hybridized carbons (Fsp3) is 0.682. The van der Waals surface area contributed by atoms with Gasteiger partial charge < -0.3 is 20.7 Å². The van der Waals surface area contributed by atoms with Gasteiger partial charge in [-0.25, -0.2) is 14.2 Å². The molecular weight excluding hydrogens is 387 g/mol. The predicted octanol–water partition coefficient (Wildman–Crippen LogP) is 4.14. The summed E-state index contributed by atoms with van der Waals surface area (Å²) in [5, 5.41) is 9.21. The molecule has 7 nitrogen and oxygen atoms in total. The molecule has 0 atom stereocenters.